The molecule has 2 rings (SSSR count). The van der Waals surface area contributed by atoms with Gasteiger partial charge in [-0.1, -0.05) is 31.5 Å². The summed E-state index contributed by atoms with van der Waals surface area (Å²) in [6, 6.07) is 1.90. The van der Waals surface area contributed by atoms with E-state index in [1.165, 1.54) is 18.0 Å². The van der Waals surface area contributed by atoms with Crippen molar-refractivity contribution in [2.45, 2.75) is 26.2 Å². The molecule has 0 aliphatic carbocycles. The van der Waals surface area contributed by atoms with Crippen LogP contribution >= 0.6 is 11.8 Å². The van der Waals surface area contributed by atoms with Crippen LogP contribution in [0.5, 0.6) is 5.75 Å². The molecule has 0 spiro atoms. The van der Waals surface area contributed by atoms with Gasteiger partial charge in [-0.15, -0.1) is 5.10 Å². The Morgan fingerprint density at radius 2 is 2.22 bits per heavy atom. The van der Waals surface area contributed by atoms with Gasteiger partial charge in [-0.3, -0.25) is 4.79 Å². The van der Waals surface area contributed by atoms with Gasteiger partial charge in [-0.05, 0) is 12.5 Å². The Morgan fingerprint density at radius 3 is 2.91 bits per heavy atom. The summed E-state index contributed by atoms with van der Waals surface area (Å²) in [5.74, 6) is -1.41. The second-order valence-electron chi connectivity index (χ2n) is 4.85. The highest BCUT2D eigenvalue weighted by molar-refractivity contribution is 8.15. The van der Waals surface area contributed by atoms with Crippen molar-refractivity contribution in [3.8, 4) is 5.75 Å². The lowest BCUT2D eigenvalue weighted by Gasteiger charge is -2.10. The minimum Gasteiger partial charge on any atom is -0.490 e. The van der Waals surface area contributed by atoms with E-state index >= 15 is 0 Å². The van der Waals surface area contributed by atoms with E-state index in [1.807, 2.05) is 0 Å². The van der Waals surface area contributed by atoms with Gasteiger partial charge >= 0.3 is 0 Å². The number of rotatable bonds is 7. The highest BCUT2D eigenvalue weighted by atomic mass is 32.2. The lowest BCUT2D eigenvalue weighted by Crippen LogP contribution is -2.19. The van der Waals surface area contributed by atoms with Gasteiger partial charge in [-0.2, -0.15) is 5.10 Å². The molecule has 1 aliphatic heterocycles. The number of halogens is 2. The van der Waals surface area contributed by atoms with E-state index in [1.54, 1.807) is 0 Å². The number of amides is 1. The van der Waals surface area contributed by atoms with Crippen LogP contribution in [-0.4, -0.2) is 29.6 Å². The fourth-order valence-electron chi connectivity index (χ4n) is 1.88. The molecule has 0 aromatic heterocycles. The molecule has 8 heteroatoms. The summed E-state index contributed by atoms with van der Waals surface area (Å²) < 4.78 is 32.7. The first-order chi connectivity index (χ1) is 11.1. The Hall–Kier alpha value is -1.96. The van der Waals surface area contributed by atoms with Gasteiger partial charge in [0.15, 0.2) is 16.7 Å². The van der Waals surface area contributed by atoms with Crippen molar-refractivity contribution < 1.29 is 18.3 Å². The van der Waals surface area contributed by atoms with Crippen molar-refractivity contribution in [1.82, 2.24) is 5.32 Å². The highest BCUT2D eigenvalue weighted by Gasteiger charge is 2.16. The van der Waals surface area contributed by atoms with E-state index in [2.05, 4.69) is 22.4 Å². The van der Waals surface area contributed by atoms with Crippen molar-refractivity contribution in [1.29, 1.82) is 0 Å². The largest absolute Gasteiger partial charge is 0.490 e. The molecule has 1 saturated heterocycles. The Kier molecular flexibility index (Phi) is 6.52. The second-order valence-corrected chi connectivity index (χ2v) is 5.81. The van der Waals surface area contributed by atoms with Crippen LogP contribution in [0.15, 0.2) is 22.3 Å². The minimum absolute atomic E-state index is 0.0467. The minimum atomic E-state index is -0.779. The Bertz CT molecular complexity index is 635. The molecule has 0 bridgehead atoms. The number of thioether (sulfide) groups is 1. The average molecular weight is 341 g/mol. The first kappa shape index (κ1) is 17.4. The second kappa shape index (κ2) is 8.61. The van der Waals surface area contributed by atoms with Crippen LogP contribution < -0.4 is 10.1 Å². The molecule has 0 radical (unpaired) electrons. The fourth-order valence-corrected chi connectivity index (χ4v) is 2.51. The number of nitrogens with zero attached hydrogens (tertiary/aromatic N) is 2. The van der Waals surface area contributed by atoms with Crippen LogP contribution in [-0.2, 0) is 4.79 Å². The number of benzene rings is 1. The van der Waals surface area contributed by atoms with Crippen LogP contribution in [0.2, 0.25) is 0 Å². The molecule has 1 aliphatic rings. The van der Waals surface area contributed by atoms with Gasteiger partial charge in [0.2, 0.25) is 5.91 Å². The number of unbranched alkanes of at least 4 members (excludes halogenated alkanes) is 2. The molecule has 1 fully saturated rings. The maximum absolute atomic E-state index is 13.9. The predicted octanol–water partition coefficient (Wildman–Crippen LogP) is 3.09. The zero-order valence-electron chi connectivity index (χ0n) is 12.6. The van der Waals surface area contributed by atoms with Crippen molar-refractivity contribution in [2.75, 3.05) is 12.4 Å². The third-order valence-corrected chi connectivity index (χ3v) is 3.83. The summed E-state index contributed by atoms with van der Waals surface area (Å²) in [5, 5.41) is 10.4. The number of ether oxygens (including phenoxy) is 1. The summed E-state index contributed by atoms with van der Waals surface area (Å²) in [6.45, 7) is 2.40. The molecule has 23 heavy (non-hydrogen) atoms. The normalized spacial score (nSPS) is 16.3. The topological polar surface area (TPSA) is 63.1 Å². The van der Waals surface area contributed by atoms with E-state index < -0.39 is 11.6 Å². The van der Waals surface area contributed by atoms with Gasteiger partial charge in [0.1, 0.15) is 5.82 Å². The monoisotopic (exact) mass is 341 g/mol. The quantitative estimate of drug-likeness (QED) is 0.471. The van der Waals surface area contributed by atoms with Crippen molar-refractivity contribution >= 4 is 29.1 Å². The number of carbonyl (C=O) groups excluding carboxylic acids is 1. The molecule has 124 valence electrons. The van der Waals surface area contributed by atoms with E-state index in [4.69, 9.17) is 4.74 Å². The SMILES string of the molecule is CCCCCOc1c(F)cc(F)cc1C=NN=C1NC(=O)CS1. The van der Waals surface area contributed by atoms with Crippen LogP contribution in [0, 0.1) is 11.6 Å². The molecule has 1 aromatic rings. The number of nitrogens with one attached hydrogen (secondary N) is 1. The van der Waals surface area contributed by atoms with E-state index in [0.717, 1.165) is 31.4 Å². The number of carbonyl (C=O) groups is 1. The third-order valence-electron chi connectivity index (χ3n) is 2.96. The summed E-state index contributed by atoms with van der Waals surface area (Å²) in [6.07, 6.45) is 3.98. The molecule has 5 nitrogen and oxygen atoms in total. The Morgan fingerprint density at radius 1 is 1.39 bits per heavy atom. The molecule has 1 N–H and O–H groups in total. The molecule has 0 saturated carbocycles. The molecule has 0 atom stereocenters. The molecule has 1 aromatic carbocycles. The van der Waals surface area contributed by atoms with Crippen LogP contribution in [0.3, 0.4) is 0 Å². The van der Waals surface area contributed by atoms with Gasteiger partial charge in [-0.25, -0.2) is 8.78 Å². The number of amidine groups is 1. The van der Waals surface area contributed by atoms with Crippen LogP contribution in [0.1, 0.15) is 31.7 Å². The first-order valence-electron chi connectivity index (χ1n) is 7.25. The molecular formula is C15H17F2N3O2S. The van der Waals surface area contributed by atoms with Crippen molar-refractivity contribution in [3.05, 3.63) is 29.3 Å². The average Bonchev–Trinajstić information content (AvgIpc) is 2.91. The van der Waals surface area contributed by atoms with Gasteiger partial charge in [0.25, 0.3) is 0 Å². The molecule has 1 amide bonds. The zero-order valence-corrected chi connectivity index (χ0v) is 13.5. The lowest BCUT2D eigenvalue weighted by molar-refractivity contribution is -0.116. The van der Waals surface area contributed by atoms with Gasteiger partial charge < -0.3 is 10.1 Å². The van der Waals surface area contributed by atoms with Crippen molar-refractivity contribution in [2.24, 2.45) is 10.2 Å². The molecule has 0 unspecified atom stereocenters. The van der Waals surface area contributed by atoms with E-state index in [9.17, 15) is 13.6 Å². The van der Waals surface area contributed by atoms with E-state index in [0.29, 0.717) is 11.8 Å². The van der Waals surface area contributed by atoms with Crippen LogP contribution in [0.25, 0.3) is 0 Å². The predicted molar refractivity (Wildman–Crippen MR) is 87.0 cm³/mol. The zero-order chi connectivity index (χ0) is 16.7. The van der Waals surface area contributed by atoms with Crippen LogP contribution in [0.4, 0.5) is 8.78 Å². The first-order valence-corrected chi connectivity index (χ1v) is 8.24. The maximum atomic E-state index is 13.9. The summed E-state index contributed by atoms with van der Waals surface area (Å²) in [7, 11) is 0. The van der Waals surface area contributed by atoms with Crippen molar-refractivity contribution in [3.63, 3.8) is 0 Å². The summed E-state index contributed by atoms with van der Waals surface area (Å²) in [4.78, 5) is 11.0. The Balaban J connectivity index is 2.11. The highest BCUT2D eigenvalue weighted by Crippen LogP contribution is 2.23. The number of hydrogen-bond acceptors (Lipinski definition) is 5. The number of hydrogen-bond donors (Lipinski definition) is 1. The lowest BCUT2D eigenvalue weighted by atomic mass is 10.2. The smallest absolute Gasteiger partial charge is 0.236 e. The standard InChI is InChI=1S/C15H17F2N3O2S/c1-2-3-4-5-22-14-10(6-11(16)7-12(14)17)8-18-20-15-19-13(21)9-23-15/h6-8H,2-5,9H2,1H3,(H,19,20,21). The van der Waals surface area contributed by atoms with E-state index in [-0.39, 0.29) is 23.0 Å². The summed E-state index contributed by atoms with van der Waals surface area (Å²) >= 11 is 1.21. The van der Waals surface area contributed by atoms with Gasteiger partial charge in [0.05, 0.1) is 18.6 Å². The Labute approximate surface area is 137 Å². The van der Waals surface area contributed by atoms with Gasteiger partial charge in [0, 0.05) is 11.6 Å². The third kappa shape index (κ3) is 5.31. The maximum Gasteiger partial charge on any atom is 0.236 e. The molecule has 1 heterocycles. The fraction of sp³-hybridized carbons (Fsp3) is 0.400. The molecular weight excluding hydrogens is 324 g/mol. The summed E-state index contributed by atoms with van der Waals surface area (Å²) in [5.41, 5.74) is 0.165.